The first kappa shape index (κ1) is 21.4. The van der Waals surface area contributed by atoms with Crippen LogP contribution in [0.15, 0.2) is 47.3 Å². The lowest BCUT2D eigenvalue weighted by Gasteiger charge is -2.25. The van der Waals surface area contributed by atoms with Gasteiger partial charge in [0.1, 0.15) is 17.6 Å². The van der Waals surface area contributed by atoms with Crippen molar-refractivity contribution in [3.63, 3.8) is 0 Å². The molecule has 1 aliphatic rings. The molecule has 4 rings (SSSR count). The highest BCUT2D eigenvalue weighted by Gasteiger charge is 2.35. The summed E-state index contributed by atoms with van der Waals surface area (Å²) in [6.07, 6.45) is 0.224. The highest BCUT2D eigenvalue weighted by atomic mass is 35.5. The fraction of sp³-hybridized carbons (Fsp3) is 0.261. The van der Waals surface area contributed by atoms with Gasteiger partial charge < -0.3 is 10.1 Å². The highest BCUT2D eigenvalue weighted by molar-refractivity contribution is 6.36. The Hall–Kier alpha value is -2.83. The number of aromatic nitrogens is 2. The van der Waals surface area contributed by atoms with Crippen molar-refractivity contribution >= 4 is 35.0 Å². The number of nitrogens with one attached hydrogen (secondary N) is 1. The van der Waals surface area contributed by atoms with Crippen LogP contribution in [0.25, 0.3) is 11.3 Å². The molecule has 1 N–H and O–H groups in total. The molecule has 0 aliphatic heterocycles. The zero-order chi connectivity index (χ0) is 22.3. The number of carbonyl (C=O) groups excluding carboxylic acids is 1. The van der Waals surface area contributed by atoms with Crippen molar-refractivity contribution in [1.82, 2.24) is 9.55 Å². The van der Waals surface area contributed by atoms with E-state index in [2.05, 4.69) is 10.3 Å². The van der Waals surface area contributed by atoms with Crippen LogP contribution in [0, 0.1) is 6.92 Å². The van der Waals surface area contributed by atoms with Crippen LogP contribution in [0.4, 0.5) is 5.82 Å². The molecule has 160 valence electrons. The Morgan fingerprint density at radius 2 is 1.97 bits per heavy atom. The quantitative estimate of drug-likeness (QED) is 0.574. The van der Waals surface area contributed by atoms with Crippen molar-refractivity contribution in [2.24, 2.45) is 7.05 Å². The molecule has 1 aliphatic carbocycles. The molecule has 0 saturated heterocycles. The van der Waals surface area contributed by atoms with Gasteiger partial charge in [0.15, 0.2) is 0 Å². The van der Waals surface area contributed by atoms with Crippen LogP contribution in [0.2, 0.25) is 10.0 Å². The highest BCUT2D eigenvalue weighted by Crippen LogP contribution is 2.36. The van der Waals surface area contributed by atoms with Gasteiger partial charge in [-0.1, -0.05) is 47.5 Å². The number of nitrogens with zero attached hydrogens (tertiary/aromatic N) is 2. The zero-order valence-electron chi connectivity index (χ0n) is 17.3. The first-order valence-electron chi connectivity index (χ1n) is 9.81. The van der Waals surface area contributed by atoms with E-state index in [0.29, 0.717) is 33.5 Å². The van der Waals surface area contributed by atoms with Crippen LogP contribution in [0.3, 0.4) is 0 Å². The van der Waals surface area contributed by atoms with E-state index in [9.17, 15) is 9.59 Å². The van der Waals surface area contributed by atoms with Gasteiger partial charge in [-0.15, -0.1) is 0 Å². The second-order valence-corrected chi connectivity index (χ2v) is 8.40. The van der Waals surface area contributed by atoms with Gasteiger partial charge in [0, 0.05) is 31.0 Å². The van der Waals surface area contributed by atoms with Crippen LogP contribution >= 0.6 is 23.2 Å². The van der Waals surface area contributed by atoms with Crippen molar-refractivity contribution < 1.29 is 9.53 Å². The van der Waals surface area contributed by atoms with Crippen molar-refractivity contribution in [2.75, 3.05) is 5.32 Å². The standard InChI is InChI=1S/C23H21Cl2N3O3/c1-12-22(27-20-16-7-5-4-6-14(16)10-19(20)31-13(2)29)28(3)23(30)21(26-12)17-9-8-15(24)11-18(17)25/h4-9,11,19-20,27H,10H2,1-3H3/t19-,20+/m0/s1. The Bertz CT molecular complexity index is 1240. The van der Waals surface area contributed by atoms with Gasteiger partial charge in [-0.05, 0) is 36.2 Å². The molecule has 8 heteroatoms. The third kappa shape index (κ3) is 4.05. The number of anilines is 1. The third-order valence-corrected chi connectivity index (χ3v) is 5.99. The summed E-state index contributed by atoms with van der Waals surface area (Å²) in [5.41, 5.74) is 3.22. The third-order valence-electron chi connectivity index (χ3n) is 5.44. The summed E-state index contributed by atoms with van der Waals surface area (Å²) in [6.45, 7) is 3.21. The number of esters is 1. The molecule has 3 aromatic rings. The summed E-state index contributed by atoms with van der Waals surface area (Å²) in [7, 11) is 1.67. The Morgan fingerprint density at radius 3 is 2.68 bits per heavy atom. The summed E-state index contributed by atoms with van der Waals surface area (Å²) in [5, 5.41) is 4.24. The molecular formula is C23H21Cl2N3O3. The van der Waals surface area contributed by atoms with Crippen molar-refractivity contribution in [3.05, 3.63) is 79.7 Å². The molecule has 0 amide bonds. The molecule has 0 fully saturated rings. The number of hydrogen-bond donors (Lipinski definition) is 1. The van der Waals surface area contributed by atoms with Crippen LogP contribution in [0.1, 0.15) is 29.8 Å². The number of rotatable bonds is 4. The summed E-state index contributed by atoms with van der Waals surface area (Å²) in [5.74, 6) is 0.207. The van der Waals surface area contributed by atoms with Gasteiger partial charge in [-0.25, -0.2) is 4.98 Å². The van der Waals surface area contributed by atoms with Crippen molar-refractivity contribution in [2.45, 2.75) is 32.4 Å². The van der Waals surface area contributed by atoms with E-state index < -0.39 is 0 Å². The molecule has 31 heavy (non-hydrogen) atoms. The molecule has 2 atom stereocenters. The number of aryl methyl sites for hydroxylation is 1. The minimum absolute atomic E-state index is 0.246. The lowest BCUT2D eigenvalue weighted by molar-refractivity contribution is -0.146. The van der Waals surface area contributed by atoms with Gasteiger partial charge in [0.2, 0.25) is 0 Å². The maximum atomic E-state index is 13.1. The van der Waals surface area contributed by atoms with E-state index in [1.54, 1.807) is 25.2 Å². The van der Waals surface area contributed by atoms with E-state index in [0.717, 1.165) is 11.1 Å². The normalized spacial score (nSPS) is 17.3. The van der Waals surface area contributed by atoms with E-state index in [1.165, 1.54) is 11.5 Å². The Balaban J connectivity index is 1.76. The predicted octanol–water partition coefficient (Wildman–Crippen LogP) is 4.70. The topological polar surface area (TPSA) is 73.2 Å². The molecule has 0 saturated carbocycles. The van der Waals surface area contributed by atoms with E-state index >= 15 is 0 Å². The lowest BCUT2D eigenvalue weighted by Crippen LogP contribution is -2.31. The lowest BCUT2D eigenvalue weighted by atomic mass is 10.1. The number of carbonyl (C=O) groups is 1. The second-order valence-electron chi connectivity index (χ2n) is 7.56. The van der Waals surface area contributed by atoms with Gasteiger partial charge in [-0.2, -0.15) is 0 Å². The summed E-state index contributed by atoms with van der Waals surface area (Å²) in [4.78, 5) is 29.3. The van der Waals surface area contributed by atoms with Gasteiger partial charge in [0.25, 0.3) is 5.56 Å². The Labute approximate surface area is 189 Å². The molecule has 0 spiro atoms. The first-order chi connectivity index (χ1) is 14.8. The summed E-state index contributed by atoms with van der Waals surface area (Å²) >= 11 is 12.3. The molecule has 1 aromatic heterocycles. The SMILES string of the molecule is CC(=O)O[C@H]1Cc2ccccc2[C@H]1Nc1c(C)nc(-c2ccc(Cl)cc2Cl)c(=O)n1C. The van der Waals surface area contributed by atoms with Crippen molar-refractivity contribution in [1.29, 1.82) is 0 Å². The molecule has 2 aromatic carbocycles. The molecule has 1 heterocycles. The van der Waals surface area contributed by atoms with Crippen molar-refractivity contribution in [3.8, 4) is 11.3 Å². The smallest absolute Gasteiger partial charge is 0.302 e. The molecule has 0 radical (unpaired) electrons. The maximum Gasteiger partial charge on any atom is 0.302 e. The van der Waals surface area contributed by atoms with E-state index in [-0.39, 0.29) is 29.4 Å². The van der Waals surface area contributed by atoms with Crippen LogP contribution in [0.5, 0.6) is 0 Å². The summed E-state index contributed by atoms with van der Waals surface area (Å²) < 4.78 is 7.08. The molecular weight excluding hydrogens is 437 g/mol. The van der Waals surface area contributed by atoms with Gasteiger partial charge in [0.05, 0.1) is 16.8 Å². The van der Waals surface area contributed by atoms with E-state index in [1.807, 2.05) is 31.2 Å². The first-order valence-corrected chi connectivity index (χ1v) is 10.6. The maximum absolute atomic E-state index is 13.1. The number of fused-ring (bicyclic) bond motifs is 1. The molecule has 6 nitrogen and oxygen atoms in total. The van der Waals surface area contributed by atoms with Crippen LogP contribution in [-0.4, -0.2) is 21.6 Å². The fourth-order valence-corrected chi connectivity index (χ4v) is 4.53. The Morgan fingerprint density at radius 1 is 1.23 bits per heavy atom. The number of ether oxygens (including phenoxy) is 1. The molecule has 0 unspecified atom stereocenters. The fourth-order valence-electron chi connectivity index (χ4n) is 4.03. The largest absolute Gasteiger partial charge is 0.460 e. The number of benzene rings is 2. The van der Waals surface area contributed by atoms with E-state index in [4.69, 9.17) is 27.9 Å². The molecule has 0 bridgehead atoms. The van der Waals surface area contributed by atoms with Crippen LogP contribution < -0.4 is 10.9 Å². The minimum Gasteiger partial charge on any atom is -0.460 e. The summed E-state index contributed by atoms with van der Waals surface area (Å²) in [6, 6.07) is 12.6. The average Bonchev–Trinajstić information content (AvgIpc) is 3.04. The van der Waals surface area contributed by atoms with Gasteiger partial charge >= 0.3 is 5.97 Å². The monoisotopic (exact) mass is 457 g/mol. The second kappa shape index (κ2) is 8.36. The number of halogens is 2. The Kier molecular flexibility index (Phi) is 5.77. The minimum atomic E-state index is -0.380. The number of hydrogen-bond acceptors (Lipinski definition) is 5. The average molecular weight is 458 g/mol. The zero-order valence-corrected chi connectivity index (χ0v) is 18.8. The van der Waals surface area contributed by atoms with Crippen LogP contribution in [-0.2, 0) is 23.0 Å². The van der Waals surface area contributed by atoms with Gasteiger partial charge in [-0.3, -0.25) is 14.2 Å². The predicted molar refractivity (Wildman–Crippen MR) is 122 cm³/mol.